The van der Waals surface area contributed by atoms with E-state index < -0.39 is 125 Å². The fourth-order valence-electron chi connectivity index (χ4n) is 7.60. The summed E-state index contributed by atoms with van der Waals surface area (Å²) in [7, 11) is 5.26. The van der Waals surface area contributed by atoms with E-state index in [1.807, 2.05) is 0 Å². The molecule has 2 saturated carbocycles. The van der Waals surface area contributed by atoms with E-state index in [1.165, 1.54) is 48.7 Å². The van der Waals surface area contributed by atoms with Gasteiger partial charge in [0, 0.05) is 108 Å². The summed E-state index contributed by atoms with van der Waals surface area (Å²) in [6, 6.07) is 0.228. The molecule has 2 aliphatic carbocycles. The van der Waals surface area contributed by atoms with Gasteiger partial charge < -0.3 is 44.6 Å². The molecular formula is C39H67F17O11Si3. The molecule has 0 heterocycles. The van der Waals surface area contributed by atoms with Crippen molar-refractivity contribution in [2.24, 2.45) is 23.7 Å². The number of rotatable bonds is 24. The van der Waals surface area contributed by atoms with Crippen molar-refractivity contribution in [3.8, 4) is 0 Å². The average molecular weight is 1120 g/mol. The Morgan fingerprint density at radius 1 is 0.600 bits per heavy atom. The first-order valence-electron chi connectivity index (χ1n) is 20.8. The van der Waals surface area contributed by atoms with Crippen LogP contribution in [-0.4, -0.2) is 158 Å². The van der Waals surface area contributed by atoms with Gasteiger partial charge >= 0.3 is 57.4 Å². The van der Waals surface area contributed by atoms with Crippen molar-refractivity contribution in [3.63, 3.8) is 0 Å². The van der Waals surface area contributed by atoms with Gasteiger partial charge in [-0.15, -0.1) is 19.8 Å². The molecule has 6 atom stereocenters. The molecule has 0 spiro atoms. The van der Waals surface area contributed by atoms with E-state index >= 15 is 4.39 Å². The van der Waals surface area contributed by atoms with Crippen molar-refractivity contribution >= 4 is 27.1 Å². The number of hydrogen-bond acceptors (Lipinski definition) is 11. The second-order valence-corrected chi connectivity index (χ2v) is 24.3. The van der Waals surface area contributed by atoms with Gasteiger partial charge in [-0.1, -0.05) is 26.5 Å². The lowest BCUT2D eigenvalue weighted by Gasteiger charge is -2.47. The van der Waals surface area contributed by atoms with Gasteiger partial charge in [0.15, 0.2) is 11.3 Å². The zero-order valence-electron chi connectivity index (χ0n) is 40.9. The van der Waals surface area contributed by atoms with Crippen molar-refractivity contribution in [2.75, 3.05) is 77.7 Å². The minimum atomic E-state index is -6.69. The highest BCUT2D eigenvalue weighted by atomic mass is 28.4. The first-order valence-corrected chi connectivity index (χ1v) is 26.1. The van der Waals surface area contributed by atoms with Crippen molar-refractivity contribution < 1.29 is 124 Å². The molecule has 0 amide bonds. The van der Waals surface area contributed by atoms with E-state index in [1.54, 1.807) is 35.2 Å². The van der Waals surface area contributed by atoms with Crippen molar-refractivity contribution in [1.82, 2.24) is 0 Å². The van der Waals surface area contributed by atoms with Crippen LogP contribution in [0.4, 0.5) is 74.6 Å². The third kappa shape index (κ3) is 17.8. The third-order valence-electron chi connectivity index (χ3n) is 11.7. The molecule has 0 radical (unpaired) electrons. The lowest BCUT2D eigenvalue weighted by atomic mass is 9.68. The van der Waals surface area contributed by atoms with Crippen molar-refractivity contribution in [3.05, 3.63) is 25.3 Å². The number of allylic oxidation sites excluding steroid dienone is 2. The number of halogens is 17. The zero-order valence-corrected chi connectivity index (χ0v) is 44.1. The summed E-state index contributed by atoms with van der Waals surface area (Å²) < 4.78 is 275. The predicted octanol–water partition coefficient (Wildman–Crippen LogP) is 11.4. The van der Waals surface area contributed by atoms with Crippen LogP contribution < -0.4 is 0 Å². The number of ether oxygens (including phenoxy) is 2. The maximum atomic E-state index is 16.0. The molecule has 11 nitrogen and oxygen atoms in total. The van der Waals surface area contributed by atoms with E-state index in [9.17, 15) is 70.2 Å². The Balaban J connectivity index is 0. The molecule has 0 aromatic carbocycles. The van der Waals surface area contributed by atoms with E-state index in [2.05, 4.69) is 22.6 Å². The molecule has 6 unspecified atom stereocenters. The average Bonchev–Trinajstić information content (AvgIpc) is 3.28. The lowest BCUT2D eigenvalue weighted by Crippen LogP contribution is -2.62. The van der Waals surface area contributed by atoms with E-state index in [0.717, 1.165) is 6.08 Å². The van der Waals surface area contributed by atoms with Crippen LogP contribution in [0.1, 0.15) is 58.8 Å². The fourth-order valence-corrected chi connectivity index (χ4v) is 11.8. The van der Waals surface area contributed by atoms with Gasteiger partial charge in [-0.05, 0) is 49.5 Å². The normalized spacial score (nSPS) is 25.4. The van der Waals surface area contributed by atoms with Crippen LogP contribution in [0.25, 0.3) is 0 Å². The van der Waals surface area contributed by atoms with Gasteiger partial charge in [-0.3, -0.25) is 4.74 Å². The second-order valence-electron chi connectivity index (χ2n) is 16.1. The van der Waals surface area contributed by atoms with Crippen LogP contribution >= 0.6 is 0 Å². The van der Waals surface area contributed by atoms with Crippen LogP contribution in [0.3, 0.4) is 0 Å². The molecule has 2 rings (SSSR count). The molecule has 0 aromatic heterocycles. The van der Waals surface area contributed by atoms with Crippen molar-refractivity contribution in [1.29, 1.82) is 0 Å². The van der Waals surface area contributed by atoms with Crippen LogP contribution in [-0.2, 0) is 49.3 Å². The molecule has 31 heteroatoms. The SMILES string of the molecule is C=CC1CC(C)CC(F)(F)C1(F)C=C.COC(F)(F)C(F)(F)C(F)(F)C(F)(F)CCOC(F)(F)F.CO[SiH](OC)OC.CO[Si](CCC1CC(C)CC(F)(F)C1(F)CC[Si](OC)(OC)OC)(OC)OC. The van der Waals surface area contributed by atoms with Crippen LogP contribution in [0.15, 0.2) is 25.3 Å². The Hall–Kier alpha value is -1.50. The summed E-state index contributed by atoms with van der Waals surface area (Å²) in [6.45, 7) is 7.87. The van der Waals surface area contributed by atoms with Gasteiger partial charge in [0.1, 0.15) is 0 Å². The Labute approximate surface area is 401 Å². The standard InChI is InChI=1S/C17H35F3O6Si2.C11H15F3.C8H7F11O2.C3H10O3Si/c1-14-12-15(8-10-27(21-2,22-3)23-4)16(18,17(19,20)13-14)9-11-28(24-5,25-6)26-7;1-4-9-6-8(3)7-11(13,14)10(9,12)5-2;1-20-7(15,16)6(13,14)5(11,12)4(9,10)2-3-21-8(17,18)19;1-4-7(5-2)6-3/h14-15H,8-13H2,1-7H3;4-5,8-9H,1-2,6-7H2,3H3;2-3H2,1H3;7H,1-3H3. The molecule has 420 valence electrons. The summed E-state index contributed by atoms with van der Waals surface area (Å²) in [5, 5.41) is 0. The molecule has 2 aliphatic rings. The number of hydrogen-bond donors (Lipinski definition) is 0. The number of methoxy groups -OCH3 is 1. The summed E-state index contributed by atoms with van der Waals surface area (Å²) >= 11 is 0. The van der Waals surface area contributed by atoms with Gasteiger partial charge in [-0.25, -0.2) is 26.3 Å². The Bertz CT molecular complexity index is 1490. The zero-order chi connectivity index (χ0) is 55.7. The molecule has 0 saturated heterocycles. The molecular weight excluding hydrogens is 1050 g/mol. The summed E-state index contributed by atoms with van der Waals surface area (Å²) in [5.74, 6) is -28.2. The van der Waals surface area contributed by atoms with Gasteiger partial charge in [0.05, 0.1) is 6.61 Å². The Morgan fingerprint density at radius 3 is 1.37 bits per heavy atom. The maximum absolute atomic E-state index is 16.0. The van der Waals surface area contributed by atoms with E-state index in [4.69, 9.17) is 39.8 Å². The minimum absolute atomic E-state index is 0.0329. The summed E-state index contributed by atoms with van der Waals surface area (Å²) in [4.78, 5) is 0. The molecule has 0 aromatic rings. The Kier molecular flexibility index (Phi) is 28.6. The quantitative estimate of drug-likeness (QED) is 0.0525. The lowest BCUT2D eigenvalue weighted by molar-refractivity contribution is -0.424. The second kappa shape index (κ2) is 28.4. The predicted molar refractivity (Wildman–Crippen MR) is 226 cm³/mol. The number of alkyl halides is 17. The molecule has 2 fully saturated rings. The Morgan fingerprint density at radius 2 is 1.01 bits per heavy atom. The van der Waals surface area contributed by atoms with Crippen LogP contribution in [0.2, 0.25) is 12.1 Å². The fraction of sp³-hybridized carbons (Fsp3) is 0.897. The van der Waals surface area contributed by atoms with Crippen LogP contribution in [0, 0.1) is 23.7 Å². The summed E-state index contributed by atoms with van der Waals surface area (Å²) in [5.41, 5.74) is -5.32. The third-order valence-corrected chi connectivity index (χ3v) is 18.3. The highest BCUT2D eigenvalue weighted by Gasteiger charge is 2.81. The van der Waals surface area contributed by atoms with Crippen molar-refractivity contribution in [2.45, 2.75) is 124 Å². The smallest absolute Gasteiger partial charge is 0.379 e. The molecule has 0 aliphatic heterocycles. The van der Waals surface area contributed by atoms with E-state index in [-0.39, 0.29) is 37.5 Å². The van der Waals surface area contributed by atoms with Gasteiger partial charge in [0.25, 0.3) is 11.8 Å². The minimum Gasteiger partial charge on any atom is -0.379 e. The molecule has 70 heavy (non-hydrogen) atoms. The highest BCUT2D eigenvalue weighted by molar-refractivity contribution is 6.61. The van der Waals surface area contributed by atoms with E-state index in [0.29, 0.717) is 12.8 Å². The first-order chi connectivity index (χ1) is 31.8. The first kappa shape index (κ1) is 70.6. The van der Waals surface area contributed by atoms with Crippen LogP contribution in [0.5, 0.6) is 0 Å². The summed E-state index contributed by atoms with van der Waals surface area (Å²) in [6.07, 6.45) is -12.4. The maximum Gasteiger partial charge on any atom is 0.522 e. The van der Waals surface area contributed by atoms with Gasteiger partial charge in [0.2, 0.25) is 0 Å². The molecule has 0 N–H and O–H groups in total. The monoisotopic (exact) mass is 1120 g/mol. The largest absolute Gasteiger partial charge is 0.522 e. The topological polar surface area (TPSA) is 102 Å². The molecule has 0 bridgehead atoms. The highest BCUT2D eigenvalue weighted by Crippen LogP contribution is 2.56. The van der Waals surface area contributed by atoms with Gasteiger partial charge in [-0.2, -0.15) is 35.1 Å².